The first kappa shape index (κ1) is 31.0. The zero-order chi connectivity index (χ0) is 30.3. The van der Waals surface area contributed by atoms with Crippen molar-refractivity contribution in [3.63, 3.8) is 0 Å². The fourth-order valence-corrected chi connectivity index (χ4v) is 6.64. The number of rotatable bonds is 12. The Morgan fingerprint density at radius 1 is 1.02 bits per heavy atom. The minimum Gasteiger partial charge on any atom is -0.497 e. The maximum absolute atomic E-state index is 14.2. The summed E-state index contributed by atoms with van der Waals surface area (Å²) in [5.74, 6) is -0.771. The molecular weight excluding hydrogens is 557 g/mol. The van der Waals surface area contributed by atoms with Crippen LogP contribution < -0.4 is 14.4 Å². The number of ether oxygens (including phenoxy) is 1. The number of nitrogens with zero attached hydrogens (tertiary/aromatic N) is 2. The molecule has 1 saturated carbocycles. The van der Waals surface area contributed by atoms with E-state index < -0.39 is 34.3 Å². The average Bonchev–Trinajstić information content (AvgIpc) is 3.49. The summed E-state index contributed by atoms with van der Waals surface area (Å²) in [5.41, 5.74) is 1.74. The number of carbonyl (C=O) groups is 2. The van der Waals surface area contributed by atoms with Crippen LogP contribution in [-0.4, -0.2) is 50.9 Å². The van der Waals surface area contributed by atoms with Crippen LogP contribution in [0, 0.1) is 12.7 Å². The Morgan fingerprint density at radius 2 is 1.69 bits per heavy atom. The van der Waals surface area contributed by atoms with Gasteiger partial charge in [-0.2, -0.15) is 0 Å². The largest absolute Gasteiger partial charge is 0.497 e. The molecule has 1 aliphatic rings. The zero-order valence-corrected chi connectivity index (χ0v) is 25.1. The molecule has 3 aromatic carbocycles. The highest BCUT2D eigenvalue weighted by atomic mass is 32.2. The van der Waals surface area contributed by atoms with Gasteiger partial charge in [-0.3, -0.25) is 13.9 Å². The van der Waals surface area contributed by atoms with Gasteiger partial charge in [0.2, 0.25) is 11.8 Å². The van der Waals surface area contributed by atoms with E-state index in [0.717, 1.165) is 53.2 Å². The Labute approximate surface area is 247 Å². The minimum atomic E-state index is -4.22. The van der Waals surface area contributed by atoms with Crippen molar-refractivity contribution < 1.29 is 27.1 Å². The number of benzene rings is 3. The lowest BCUT2D eigenvalue weighted by Gasteiger charge is -2.33. The SMILES string of the molecule is CC[C@@H](C(=O)NC1CCCC1)N(Cc1cccc(OC)c1)C(=O)CN(c1ccc(F)cc1)S(=O)(=O)c1ccc(C)cc1. The second-order valence-electron chi connectivity index (χ2n) is 10.6. The lowest BCUT2D eigenvalue weighted by molar-refractivity contribution is -0.140. The predicted octanol–water partition coefficient (Wildman–Crippen LogP) is 5.20. The number of carbonyl (C=O) groups excluding carboxylic acids is 2. The van der Waals surface area contributed by atoms with E-state index in [-0.39, 0.29) is 29.1 Å². The molecule has 0 radical (unpaired) electrons. The topological polar surface area (TPSA) is 96.0 Å². The van der Waals surface area contributed by atoms with Crippen LogP contribution in [0.3, 0.4) is 0 Å². The molecular formula is C32H38FN3O5S. The average molecular weight is 596 g/mol. The minimum absolute atomic E-state index is 0.00408. The van der Waals surface area contributed by atoms with Crippen LogP contribution in [0.25, 0.3) is 0 Å². The molecule has 0 aliphatic heterocycles. The lowest BCUT2D eigenvalue weighted by Crippen LogP contribution is -2.53. The number of anilines is 1. The molecule has 0 aromatic heterocycles. The summed E-state index contributed by atoms with van der Waals surface area (Å²) in [6, 6.07) is 17.6. The van der Waals surface area contributed by atoms with E-state index in [0.29, 0.717) is 12.2 Å². The molecule has 42 heavy (non-hydrogen) atoms. The Bertz CT molecular complexity index is 1470. The van der Waals surface area contributed by atoms with Crippen molar-refractivity contribution in [2.24, 2.45) is 0 Å². The fourth-order valence-electron chi connectivity index (χ4n) is 5.23. The third kappa shape index (κ3) is 7.47. The number of sulfonamides is 1. The number of hydrogen-bond acceptors (Lipinski definition) is 5. The number of aryl methyl sites for hydroxylation is 1. The van der Waals surface area contributed by atoms with Crippen molar-refractivity contribution in [1.82, 2.24) is 10.2 Å². The first-order chi connectivity index (χ1) is 20.1. The molecule has 10 heteroatoms. The zero-order valence-electron chi connectivity index (χ0n) is 24.3. The van der Waals surface area contributed by atoms with Crippen LogP contribution in [0.4, 0.5) is 10.1 Å². The quantitative estimate of drug-likeness (QED) is 0.310. The predicted molar refractivity (Wildman–Crippen MR) is 160 cm³/mol. The van der Waals surface area contributed by atoms with Gasteiger partial charge in [0.25, 0.3) is 10.0 Å². The van der Waals surface area contributed by atoms with Crippen LogP contribution in [0.2, 0.25) is 0 Å². The van der Waals surface area contributed by atoms with Gasteiger partial charge in [-0.25, -0.2) is 12.8 Å². The molecule has 0 bridgehead atoms. The molecule has 1 N–H and O–H groups in total. The van der Waals surface area contributed by atoms with Crippen LogP contribution >= 0.6 is 0 Å². The van der Waals surface area contributed by atoms with Gasteiger partial charge < -0.3 is 15.0 Å². The van der Waals surface area contributed by atoms with Gasteiger partial charge in [-0.1, -0.05) is 49.6 Å². The van der Waals surface area contributed by atoms with E-state index in [9.17, 15) is 22.4 Å². The van der Waals surface area contributed by atoms with Gasteiger partial charge in [-0.05, 0) is 80.3 Å². The first-order valence-electron chi connectivity index (χ1n) is 14.2. The monoisotopic (exact) mass is 595 g/mol. The fraction of sp³-hybridized carbons (Fsp3) is 0.375. The van der Waals surface area contributed by atoms with Crippen molar-refractivity contribution in [1.29, 1.82) is 0 Å². The molecule has 0 saturated heterocycles. The second kappa shape index (κ2) is 13.8. The second-order valence-corrected chi connectivity index (χ2v) is 12.5. The van der Waals surface area contributed by atoms with Crippen molar-refractivity contribution in [2.45, 2.75) is 69.5 Å². The van der Waals surface area contributed by atoms with Gasteiger partial charge in [0.15, 0.2) is 0 Å². The van der Waals surface area contributed by atoms with E-state index in [1.807, 2.05) is 19.9 Å². The molecule has 1 aliphatic carbocycles. The summed E-state index contributed by atoms with van der Waals surface area (Å²) in [7, 11) is -2.68. The number of hydrogen-bond donors (Lipinski definition) is 1. The molecule has 0 heterocycles. The molecule has 224 valence electrons. The Morgan fingerprint density at radius 3 is 2.31 bits per heavy atom. The van der Waals surface area contributed by atoms with Crippen molar-refractivity contribution in [3.8, 4) is 5.75 Å². The third-order valence-electron chi connectivity index (χ3n) is 7.58. The van der Waals surface area contributed by atoms with E-state index >= 15 is 0 Å². The molecule has 1 atom stereocenters. The van der Waals surface area contributed by atoms with Gasteiger partial charge >= 0.3 is 0 Å². The summed E-state index contributed by atoms with van der Waals surface area (Å²) in [4.78, 5) is 29.1. The van der Waals surface area contributed by atoms with E-state index in [1.54, 1.807) is 37.4 Å². The summed E-state index contributed by atoms with van der Waals surface area (Å²) in [5, 5.41) is 3.10. The first-order valence-corrected chi connectivity index (χ1v) is 15.6. The van der Waals surface area contributed by atoms with Crippen molar-refractivity contribution >= 4 is 27.5 Å². The van der Waals surface area contributed by atoms with Gasteiger partial charge in [0.05, 0.1) is 17.7 Å². The molecule has 0 unspecified atom stereocenters. The van der Waals surface area contributed by atoms with Crippen molar-refractivity contribution in [2.75, 3.05) is 18.0 Å². The molecule has 8 nitrogen and oxygen atoms in total. The highest BCUT2D eigenvalue weighted by molar-refractivity contribution is 7.92. The Balaban J connectivity index is 1.71. The summed E-state index contributed by atoms with van der Waals surface area (Å²) < 4.78 is 47.9. The highest BCUT2D eigenvalue weighted by Gasteiger charge is 2.34. The Hall–Kier alpha value is -3.92. The maximum atomic E-state index is 14.2. The molecule has 1 fully saturated rings. The van der Waals surface area contributed by atoms with Crippen LogP contribution in [0.1, 0.15) is 50.2 Å². The van der Waals surface area contributed by atoms with Crippen LogP contribution in [-0.2, 0) is 26.2 Å². The number of halogens is 1. The summed E-state index contributed by atoms with van der Waals surface area (Å²) in [6.07, 6.45) is 4.18. The summed E-state index contributed by atoms with van der Waals surface area (Å²) in [6.45, 7) is 3.15. The highest BCUT2D eigenvalue weighted by Crippen LogP contribution is 2.26. The number of nitrogens with one attached hydrogen (secondary N) is 1. The molecule has 3 aromatic rings. The van der Waals surface area contributed by atoms with E-state index in [2.05, 4.69) is 5.32 Å². The third-order valence-corrected chi connectivity index (χ3v) is 9.37. The van der Waals surface area contributed by atoms with Crippen LogP contribution in [0.5, 0.6) is 5.75 Å². The Kier molecular flexibility index (Phi) is 10.2. The summed E-state index contributed by atoms with van der Waals surface area (Å²) >= 11 is 0. The van der Waals surface area contributed by atoms with Gasteiger partial charge in [0.1, 0.15) is 24.2 Å². The number of amides is 2. The van der Waals surface area contributed by atoms with Crippen LogP contribution in [0.15, 0.2) is 77.7 Å². The standard InChI is InChI=1S/C32H38FN3O5S/c1-4-30(32(38)34-26-9-5-6-10-26)35(21-24-8-7-11-28(20-24)41-3)31(37)22-36(27-16-14-25(33)15-17-27)42(39,40)29-18-12-23(2)13-19-29/h7-8,11-20,26,30H,4-6,9-10,21-22H2,1-3H3,(H,34,38)/t30-/m0/s1. The maximum Gasteiger partial charge on any atom is 0.264 e. The smallest absolute Gasteiger partial charge is 0.264 e. The molecule has 2 amide bonds. The normalized spacial score (nSPS) is 14.3. The van der Waals surface area contributed by atoms with Gasteiger partial charge in [-0.15, -0.1) is 0 Å². The lowest BCUT2D eigenvalue weighted by atomic mass is 10.1. The molecule has 4 rings (SSSR count). The van der Waals surface area contributed by atoms with E-state index in [4.69, 9.17) is 4.74 Å². The van der Waals surface area contributed by atoms with E-state index in [1.165, 1.54) is 29.2 Å². The van der Waals surface area contributed by atoms with Crippen molar-refractivity contribution in [3.05, 3.63) is 89.7 Å². The van der Waals surface area contributed by atoms with Gasteiger partial charge in [0, 0.05) is 12.6 Å². The molecule has 0 spiro atoms. The number of methoxy groups -OCH3 is 1.